The number of fused-ring (bicyclic) bond motifs is 7. The number of allylic oxidation sites excluding steroid dienone is 5. The van der Waals surface area contributed by atoms with Crippen LogP contribution >= 0.6 is 0 Å². The maximum absolute atomic E-state index is 11.8. The second-order valence-corrected chi connectivity index (χ2v) is 15.6. The number of carboxylic acids is 1. The maximum Gasteiger partial charge on any atom is 0.324 e. The van der Waals surface area contributed by atoms with Gasteiger partial charge in [0, 0.05) is 5.54 Å². The molecule has 0 amide bonds. The monoisotopic (exact) mass is 530 g/mol. The minimum absolute atomic E-state index is 0.0276. The van der Waals surface area contributed by atoms with E-state index in [0.29, 0.717) is 42.4 Å². The second-order valence-electron chi connectivity index (χ2n) is 15.6. The van der Waals surface area contributed by atoms with Gasteiger partial charge in [0.05, 0.1) is 6.07 Å². The first kappa shape index (κ1) is 27.3. The van der Waals surface area contributed by atoms with Crippen molar-refractivity contribution in [3.05, 3.63) is 35.5 Å². The van der Waals surface area contributed by atoms with Gasteiger partial charge < -0.3 is 10.8 Å². The third kappa shape index (κ3) is 3.81. The highest BCUT2D eigenvalue weighted by atomic mass is 16.4. The molecular weight excluding hydrogens is 480 g/mol. The molecule has 3 N–H and O–H groups in total. The first-order valence-corrected chi connectivity index (χ1v) is 15.9. The van der Waals surface area contributed by atoms with Crippen LogP contribution in [0.5, 0.6) is 0 Å². The Hall–Kier alpha value is -1.86. The highest BCUT2D eigenvalue weighted by Gasteiger charge is 2.63. The zero-order valence-corrected chi connectivity index (χ0v) is 24.8. The van der Waals surface area contributed by atoms with Crippen molar-refractivity contribution in [2.75, 3.05) is 0 Å². The van der Waals surface area contributed by atoms with Crippen molar-refractivity contribution in [2.45, 2.75) is 110 Å². The quantitative estimate of drug-likeness (QED) is 0.364. The van der Waals surface area contributed by atoms with Crippen molar-refractivity contribution in [1.29, 1.82) is 5.26 Å². The van der Waals surface area contributed by atoms with Crippen molar-refractivity contribution in [3.63, 3.8) is 0 Å². The first-order chi connectivity index (χ1) is 18.4. The van der Waals surface area contributed by atoms with Gasteiger partial charge in [-0.25, -0.2) is 0 Å². The second kappa shape index (κ2) is 9.07. The molecule has 212 valence electrons. The lowest BCUT2D eigenvalue weighted by atomic mass is 9.41. The molecule has 6 aliphatic carbocycles. The Labute approximate surface area is 236 Å². The van der Waals surface area contributed by atoms with Gasteiger partial charge in [-0.15, -0.1) is 0 Å². The Morgan fingerprint density at radius 2 is 1.72 bits per heavy atom. The fraction of sp³-hybridized carbons (Fsp3) is 0.771. The summed E-state index contributed by atoms with van der Waals surface area (Å²) in [6.07, 6.45) is 17.5. The zero-order valence-electron chi connectivity index (χ0n) is 24.8. The van der Waals surface area contributed by atoms with E-state index in [2.05, 4.69) is 52.5 Å². The lowest BCUT2D eigenvalue weighted by Crippen LogP contribution is -2.62. The van der Waals surface area contributed by atoms with E-state index >= 15 is 0 Å². The topological polar surface area (TPSA) is 87.1 Å². The largest absolute Gasteiger partial charge is 0.480 e. The van der Waals surface area contributed by atoms with E-state index in [1.54, 1.807) is 0 Å². The Kier molecular flexibility index (Phi) is 6.35. The summed E-state index contributed by atoms with van der Waals surface area (Å²) < 4.78 is 0. The number of hydrogen-bond acceptors (Lipinski definition) is 3. The van der Waals surface area contributed by atoms with Gasteiger partial charge in [-0.3, -0.25) is 4.79 Å². The summed E-state index contributed by atoms with van der Waals surface area (Å²) in [5.41, 5.74) is 10.6. The summed E-state index contributed by atoms with van der Waals surface area (Å²) in [6.45, 7) is 14.2. The summed E-state index contributed by atoms with van der Waals surface area (Å²) in [6, 6.07) is 2.11. The number of rotatable bonds is 3. The Morgan fingerprint density at radius 1 is 1.00 bits per heavy atom. The standard InChI is InChI=1S/C35H50N2O2/c1-21(2)23-14-17-35(37)19-18-33(5)28-11-10-27-24(25(28)7-9-29(33)30(23)35)6-8-26(32(27,3)4)22-12-15-34(20-36,16-13-22)31(38)39/h8,12,23-25,27-30H,1,6-7,9-11,13-19,37H2,2-5H3,(H,38,39)/t23-,24?,25+,27+,28?,29+,30+,33-,34?,35-/m0/s1. The van der Waals surface area contributed by atoms with Crippen LogP contribution in [0, 0.1) is 69.0 Å². The minimum atomic E-state index is -1.25. The third-order valence-electron chi connectivity index (χ3n) is 13.8. The molecule has 6 aliphatic rings. The molecule has 0 aromatic carbocycles. The van der Waals surface area contributed by atoms with Crippen molar-refractivity contribution < 1.29 is 9.90 Å². The van der Waals surface area contributed by atoms with Crippen LogP contribution in [0.3, 0.4) is 0 Å². The van der Waals surface area contributed by atoms with Gasteiger partial charge in [-0.05, 0) is 147 Å². The van der Waals surface area contributed by atoms with Crippen molar-refractivity contribution in [1.82, 2.24) is 0 Å². The van der Waals surface area contributed by atoms with E-state index in [9.17, 15) is 15.2 Å². The van der Waals surface area contributed by atoms with Crippen LogP contribution < -0.4 is 5.73 Å². The van der Waals surface area contributed by atoms with E-state index in [1.165, 1.54) is 68.1 Å². The molecule has 39 heavy (non-hydrogen) atoms. The summed E-state index contributed by atoms with van der Waals surface area (Å²) >= 11 is 0. The number of carboxylic acid groups (broad SMARTS) is 1. The van der Waals surface area contributed by atoms with Gasteiger partial charge in [-0.2, -0.15) is 5.26 Å². The molecule has 0 aliphatic heterocycles. The minimum Gasteiger partial charge on any atom is -0.480 e. The number of nitriles is 1. The van der Waals surface area contributed by atoms with Crippen LogP contribution in [0.25, 0.3) is 0 Å². The molecule has 4 fully saturated rings. The summed E-state index contributed by atoms with van der Waals surface area (Å²) in [5.74, 6) is 4.02. The van der Waals surface area contributed by atoms with Gasteiger partial charge in [0.2, 0.25) is 0 Å². The number of nitrogens with zero attached hydrogens (tertiary/aromatic N) is 1. The average molecular weight is 531 g/mol. The molecular formula is C35H50N2O2. The molecule has 0 bridgehead atoms. The van der Waals surface area contributed by atoms with Crippen LogP contribution in [0.1, 0.15) is 105 Å². The van der Waals surface area contributed by atoms with Gasteiger partial charge in [0.1, 0.15) is 0 Å². The van der Waals surface area contributed by atoms with Crippen molar-refractivity contribution >= 4 is 5.97 Å². The Morgan fingerprint density at radius 3 is 2.36 bits per heavy atom. The molecule has 0 radical (unpaired) electrons. The van der Waals surface area contributed by atoms with Gasteiger partial charge >= 0.3 is 5.97 Å². The lowest BCUT2D eigenvalue weighted by molar-refractivity contribution is -0.146. The molecule has 10 atom stereocenters. The maximum atomic E-state index is 11.8. The van der Waals surface area contributed by atoms with E-state index in [0.717, 1.165) is 30.1 Å². The predicted octanol–water partition coefficient (Wildman–Crippen LogP) is 7.82. The van der Waals surface area contributed by atoms with Crippen molar-refractivity contribution in [2.24, 2.45) is 63.4 Å². The van der Waals surface area contributed by atoms with Crippen LogP contribution in [0.2, 0.25) is 0 Å². The highest BCUT2D eigenvalue weighted by Crippen LogP contribution is 2.69. The van der Waals surface area contributed by atoms with Gasteiger partial charge in [0.15, 0.2) is 5.41 Å². The van der Waals surface area contributed by atoms with E-state index in [1.807, 2.05) is 0 Å². The Balaban J connectivity index is 1.26. The molecule has 4 nitrogen and oxygen atoms in total. The zero-order chi connectivity index (χ0) is 28.0. The molecule has 0 saturated heterocycles. The van der Waals surface area contributed by atoms with Crippen LogP contribution in [-0.4, -0.2) is 16.6 Å². The summed E-state index contributed by atoms with van der Waals surface area (Å²) in [7, 11) is 0. The van der Waals surface area contributed by atoms with Gasteiger partial charge in [-0.1, -0.05) is 45.1 Å². The van der Waals surface area contributed by atoms with E-state index in [-0.39, 0.29) is 11.0 Å². The first-order valence-electron chi connectivity index (χ1n) is 15.9. The molecule has 0 aromatic heterocycles. The lowest BCUT2D eigenvalue weighted by Gasteiger charge is -2.65. The SMILES string of the molecule is C=C(C)[C@@H]1CC[C@]2(N)CC[C@@]3(C)C4CC[C@@H]5C(CC=C(C6=CCC(C#N)(C(=O)O)CC6)C5(C)C)[C@H]4CC[C@@H]3[C@@H]12. The van der Waals surface area contributed by atoms with E-state index in [4.69, 9.17) is 5.73 Å². The number of aliphatic carboxylic acids is 1. The number of nitrogens with two attached hydrogens (primary N) is 1. The molecule has 3 unspecified atom stereocenters. The molecule has 0 aromatic rings. The summed E-state index contributed by atoms with van der Waals surface area (Å²) in [5, 5.41) is 19.3. The van der Waals surface area contributed by atoms with E-state index < -0.39 is 11.4 Å². The highest BCUT2D eigenvalue weighted by molar-refractivity contribution is 5.78. The molecule has 0 heterocycles. The molecule has 0 spiro atoms. The predicted molar refractivity (Wildman–Crippen MR) is 155 cm³/mol. The Bertz CT molecular complexity index is 1170. The average Bonchev–Trinajstić information content (AvgIpc) is 3.26. The fourth-order valence-corrected chi connectivity index (χ4v) is 11.7. The molecule has 6 rings (SSSR count). The molecule has 4 saturated carbocycles. The summed E-state index contributed by atoms with van der Waals surface area (Å²) in [4.78, 5) is 11.8. The van der Waals surface area contributed by atoms with Crippen LogP contribution in [-0.2, 0) is 4.79 Å². The van der Waals surface area contributed by atoms with Crippen LogP contribution in [0.4, 0.5) is 0 Å². The van der Waals surface area contributed by atoms with Crippen molar-refractivity contribution in [3.8, 4) is 6.07 Å². The third-order valence-corrected chi connectivity index (χ3v) is 13.8. The normalized spacial score (nSPS) is 48.3. The number of carbonyl (C=O) groups is 1. The number of hydrogen-bond donors (Lipinski definition) is 2. The smallest absolute Gasteiger partial charge is 0.324 e. The molecule has 4 heteroatoms. The fourth-order valence-electron chi connectivity index (χ4n) is 11.7. The van der Waals surface area contributed by atoms with Gasteiger partial charge in [0.25, 0.3) is 0 Å². The van der Waals surface area contributed by atoms with Crippen LogP contribution in [0.15, 0.2) is 35.5 Å².